The highest BCUT2D eigenvalue weighted by atomic mass is 35.5. The van der Waals surface area contributed by atoms with Crippen molar-refractivity contribution in [1.82, 2.24) is 4.90 Å². The molecule has 3 rings (SSSR count). The Balaban J connectivity index is 0.00000225. The van der Waals surface area contributed by atoms with Crippen molar-refractivity contribution in [1.29, 1.82) is 0 Å². The zero-order valence-corrected chi connectivity index (χ0v) is 16.4. The Kier molecular flexibility index (Phi) is 7.40. The molecule has 1 amide bonds. The summed E-state index contributed by atoms with van der Waals surface area (Å²) in [4.78, 5) is 19.1. The van der Waals surface area contributed by atoms with Crippen molar-refractivity contribution in [3.8, 4) is 0 Å². The summed E-state index contributed by atoms with van der Waals surface area (Å²) in [5, 5.41) is 4.03. The minimum Gasteiger partial charge on any atom is -0.350 e. The van der Waals surface area contributed by atoms with Gasteiger partial charge in [-0.15, -0.1) is 12.4 Å². The molecule has 4 nitrogen and oxygen atoms in total. The first kappa shape index (κ1) is 20.3. The lowest BCUT2D eigenvalue weighted by atomic mass is 10.2. The van der Waals surface area contributed by atoms with Crippen LogP contribution in [0.2, 0.25) is 5.02 Å². The van der Waals surface area contributed by atoms with Gasteiger partial charge in [0.15, 0.2) is 5.17 Å². The van der Waals surface area contributed by atoms with Gasteiger partial charge in [-0.05, 0) is 31.0 Å². The first-order valence-corrected chi connectivity index (χ1v) is 9.57. The molecule has 1 aromatic carbocycles. The van der Waals surface area contributed by atoms with E-state index in [4.69, 9.17) is 16.6 Å². The van der Waals surface area contributed by atoms with Gasteiger partial charge in [-0.2, -0.15) is 0 Å². The van der Waals surface area contributed by atoms with Crippen LogP contribution in [0.5, 0.6) is 0 Å². The van der Waals surface area contributed by atoms with Crippen molar-refractivity contribution in [2.75, 3.05) is 18.1 Å². The van der Waals surface area contributed by atoms with E-state index in [-0.39, 0.29) is 30.0 Å². The average Bonchev–Trinajstić information content (AvgIpc) is 3.16. The molecule has 0 aromatic heterocycles. The van der Waals surface area contributed by atoms with Crippen molar-refractivity contribution in [3.05, 3.63) is 29.0 Å². The summed E-state index contributed by atoms with van der Waals surface area (Å²) in [5.74, 6) is 0.133. The summed E-state index contributed by atoms with van der Waals surface area (Å²) in [5.41, 5.74) is 0.126. The maximum absolute atomic E-state index is 13.7. The number of rotatable bonds is 4. The highest BCUT2D eigenvalue weighted by Gasteiger charge is 2.30. The van der Waals surface area contributed by atoms with Crippen LogP contribution in [0.3, 0.4) is 0 Å². The van der Waals surface area contributed by atoms with Crippen LogP contribution in [0.25, 0.3) is 0 Å². The van der Waals surface area contributed by atoms with Gasteiger partial charge in [-0.1, -0.05) is 36.2 Å². The van der Waals surface area contributed by atoms with Gasteiger partial charge in [0.25, 0.3) is 0 Å². The SMILES string of the molecule is CN1C(=NC2CCCC2)SCC1CC(=O)Nc1cc(Cl)ccc1F.Cl. The molecule has 1 saturated heterocycles. The molecular formula is C17H22Cl2FN3OS. The average molecular weight is 406 g/mol. The largest absolute Gasteiger partial charge is 0.350 e. The van der Waals surface area contributed by atoms with E-state index in [0.717, 1.165) is 23.8 Å². The van der Waals surface area contributed by atoms with Gasteiger partial charge in [0.1, 0.15) is 5.82 Å². The smallest absolute Gasteiger partial charge is 0.226 e. The van der Waals surface area contributed by atoms with Gasteiger partial charge in [-0.3, -0.25) is 9.79 Å². The number of benzene rings is 1. The first-order chi connectivity index (χ1) is 11.5. The number of carbonyl (C=O) groups excluding carboxylic acids is 1. The van der Waals surface area contributed by atoms with E-state index in [0.29, 0.717) is 17.5 Å². The summed E-state index contributed by atoms with van der Waals surface area (Å²) < 4.78 is 13.7. The van der Waals surface area contributed by atoms with Crippen LogP contribution in [0.1, 0.15) is 32.1 Å². The monoisotopic (exact) mass is 405 g/mol. The third kappa shape index (κ3) is 5.25. The number of carbonyl (C=O) groups is 1. The molecule has 1 atom stereocenters. The van der Waals surface area contributed by atoms with Crippen LogP contribution in [0.4, 0.5) is 10.1 Å². The van der Waals surface area contributed by atoms with Gasteiger partial charge in [0, 0.05) is 30.3 Å². The van der Waals surface area contributed by atoms with Gasteiger partial charge < -0.3 is 10.2 Å². The van der Waals surface area contributed by atoms with Crippen LogP contribution in [-0.4, -0.2) is 40.9 Å². The topological polar surface area (TPSA) is 44.7 Å². The molecule has 1 aliphatic carbocycles. The molecule has 1 unspecified atom stereocenters. The van der Waals surface area contributed by atoms with E-state index in [1.165, 1.54) is 31.0 Å². The number of hydrogen-bond donors (Lipinski definition) is 1. The number of thioether (sulfide) groups is 1. The van der Waals surface area contributed by atoms with Crippen LogP contribution in [0, 0.1) is 5.82 Å². The highest BCUT2D eigenvalue weighted by molar-refractivity contribution is 8.14. The van der Waals surface area contributed by atoms with Crippen LogP contribution in [-0.2, 0) is 4.79 Å². The fourth-order valence-corrected chi connectivity index (χ4v) is 4.49. The zero-order chi connectivity index (χ0) is 17.1. The Labute approximate surface area is 163 Å². The fraction of sp³-hybridized carbons (Fsp3) is 0.529. The molecule has 1 aliphatic heterocycles. The van der Waals surface area contributed by atoms with E-state index in [9.17, 15) is 9.18 Å². The zero-order valence-electron chi connectivity index (χ0n) is 14.0. The van der Waals surface area contributed by atoms with E-state index in [1.807, 2.05) is 7.05 Å². The maximum Gasteiger partial charge on any atom is 0.226 e. The summed E-state index contributed by atoms with van der Waals surface area (Å²) in [6.45, 7) is 0. The number of amidine groups is 1. The lowest BCUT2D eigenvalue weighted by Crippen LogP contribution is -2.34. The molecule has 2 aliphatic rings. The van der Waals surface area contributed by atoms with Crippen LogP contribution < -0.4 is 5.32 Å². The Morgan fingerprint density at radius 2 is 2.16 bits per heavy atom. The van der Waals surface area contributed by atoms with Gasteiger partial charge in [-0.25, -0.2) is 4.39 Å². The quantitative estimate of drug-likeness (QED) is 0.797. The van der Waals surface area contributed by atoms with Gasteiger partial charge in [0.05, 0.1) is 11.7 Å². The van der Waals surface area contributed by atoms with Gasteiger partial charge in [0.2, 0.25) is 5.91 Å². The van der Waals surface area contributed by atoms with Crippen molar-refractivity contribution < 1.29 is 9.18 Å². The lowest BCUT2D eigenvalue weighted by molar-refractivity contribution is -0.116. The molecule has 25 heavy (non-hydrogen) atoms. The molecule has 0 bridgehead atoms. The summed E-state index contributed by atoms with van der Waals surface area (Å²) in [6, 6.07) is 4.65. The minimum atomic E-state index is -0.481. The number of nitrogens with one attached hydrogen (secondary N) is 1. The molecule has 0 radical (unpaired) electrons. The second-order valence-electron chi connectivity index (χ2n) is 6.30. The Hall–Kier alpha value is -0.980. The molecule has 1 N–H and O–H groups in total. The minimum absolute atomic E-state index is 0. The predicted octanol–water partition coefficient (Wildman–Crippen LogP) is 4.58. The van der Waals surface area contributed by atoms with E-state index < -0.39 is 5.82 Å². The standard InChI is InChI=1S/C17H21ClFN3OS.ClH/c1-22-13(10-24-17(22)20-12-4-2-3-5-12)9-16(23)21-15-8-11(18)6-7-14(15)19;/h6-8,12-13H,2-5,9-10H2,1H3,(H,21,23);1H. The van der Waals surface area contributed by atoms with Crippen molar-refractivity contribution >= 4 is 52.5 Å². The molecular weight excluding hydrogens is 384 g/mol. The molecule has 2 fully saturated rings. The van der Waals surface area contributed by atoms with E-state index in [2.05, 4.69) is 10.2 Å². The number of halogens is 3. The number of nitrogens with zero attached hydrogens (tertiary/aromatic N) is 2. The summed E-state index contributed by atoms with van der Waals surface area (Å²) in [6.07, 6.45) is 5.15. The lowest BCUT2D eigenvalue weighted by Gasteiger charge is -2.21. The molecule has 1 aromatic rings. The third-order valence-corrected chi connectivity index (χ3v) is 5.93. The van der Waals surface area contributed by atoms with Crippen LogP contribution in [0.15, 0.2) is 23.2 Å². The normalized spacial score (nSPS) is 22.3. The Bertz CT molecular complexity index is 653. The fourth-order valence-electron chi connectivity index (χ4n) is 3.06. The highest BCUT2D eigenvalue weighted by Crippen LogP contribution is 2.29. The molecule has 138 valence electrons. The maximum atomic E-state index is 13.7. The second-order valence-corrected chi connectivity index (χ2v) is 7.73. The van der Waals surface area contributed by atoms with Crippen LogP contribution >= 0.6 is 35.8 Å². The number of anilines is 1. The van der Waals surface area contributed by atoms with Crippen molar-refractivity contribution in [2.24, 2.45) is 4.99 Å². The van der Waals surface area contributed by atoms with E-state index in [1.54, 1.807) is 11.8 Å². The van der Waals surface area contributed by atoms with Crippen molar-refractivity contribution in [2.45, 2.75) is 44.2 Å². The molecule has 8 heteroatoms. The molecule has 0 spiro atoms. The van der Waals surface area contributed by atoms with Gasteiger partial charge >= 0.3 is 0 Å². The predicted molar refractivity (Wildman–Crippen MR) is 106 cm³/mol. The molecule has 1 saturated carbocycles. The van der Waals surface area contributed by atoms with Crippen molar-refractivity contribution in [3.63, 3.8) is 0 Å². The number of hydrogen-bond acceptors (Lipinski definition) is 3. The number of aliphatic imine (C=N–C) groups is 1. The number of amides is 1. The second kappa shape index (κ2) is 9.10. The van der Waals surface area contributed by atoms with E-state index >= 15 is 0 Å². The third-order valence-electron chi connectivity index (χ3n) is 4.50. The Morgan fingerprint density at radius 3 is 2.88 bits per heavy atom. The molecule has 1 heterocycles. The summed E-state index contributed by atoms with van der Waals surface area (Å²) >= 11 is 7.55. The first-order valence-electron chi connectivity index (χ1n) is 8.21. The Morgan fingerprint density at radius 1 is 1.44 bits per heavy atom. The summed E-state index contributed by atoms with van der Waals surface area (Å²) in [7, 11) is 1.98.